The Morgan fingerprint density at radius 1 is 0.339 bits per heavy atom. The zero-order valence-corrected chi connectivity index (χ0v) is 66.6. The Balaban J connectivity index is 0.797. The molecule has 6 aliphatic carbocycles. The van der Waals surface area contributed by atoms with E-state index in [-0.39, 0.29) is 22.7 Å². The highest BCUT2D eigenvalue weighted by Gasteiger charge is 2.58. The van der Waals surface area contributed by atoms with E-state index in [9.17, 15) is 0 Å². The van der Waals surface area contributed by atoms with E-state index in [2.05, 4.69) is 429 Å². The summed E-state index contributed by atoms with van der Waals surface area (Å²) in [5.41, 5.74) is 38.5. The van der Waals surface area contributed by atoms with Gasteiger partial charge in [-0.25, -0.2) is 0 Å². The predicted molar refractivity (Wildman–Crippen MR) is 485 cm³/mol. The fourth-order valence-electron chi connectivity index (χ4n) is 20.9. The van der Waals surface area contributed by atoms with Gasteiger partial charge in [0.15, 0.2) is 0 Å². The van der Waals surface area contributed by atoms with Crippen molar-refractivity contribution in [2.45, 2.75) is 94.8 Å². The normalized spacial score (nSPS) is 18.9. The molecule has 2 heteroatoms. The van der Waals surface area contributed by atoms with Gasteiger partial charge in [-0.2, -0.15) is 0 Å². The first kappa shape index (κ1) is 71.2. The monoisotopic (exact) mass is 1480 g/mol. The van der Waals surface area contributed by atoms with Crippen LogP contribution in [0.4, 0.5) is 34.1 Å². The number of rotatable bonds is 16. The van der Waals surface area contributed by atoms with Crippen molar-refractivity contribution >= 4 is 46.3 Å². The van der Waals surface area contributed by atoms with Gasteiger partial charge in [-0.3, -0.25) is 0 Å². The second kappa shape index (κ2) is 27.8. The molecule has 5 atom stereocenters. The summed E-state index contributed by atoms with van der Waals surface area (Å²) >= 11 is 0. The van der Waals surface area contributed by atoms with Gasteiger partial charge in [0.05, 0.1) is 10.8 Å². The Morgan fingerprint density at radius 2 is 0.748 bits per heavy atom. The number of hydrogen-bond acceptors (Lipinski definition) is 2. The molecule has 5 unspecified atom stereocenters. The minimum Gasteiger partial charge on any atom is -0.310 e. The Morgan fingerprint density at radius 3 is 1.24 bits per heavy atom. The Bertz CT molecular complexity index is 6310. The first-order valence-electron chi connectivity index (χ1n) is 41.2. The highest BCUT2D eigenvalue weighted by molar-refractivity contribution is 5.94. The van der Waals surface area contributed by atoms with Gasteiger partial charge in [0.25, 0.3) is 0 Å². The molecule has 0 fully saturated rings. The standard InChI is InChI=1S/C113H94N2/c1-9-75-37-41-77(42-38-75)73-111(85-53-49-83(50-54-85)109(3,4)5)101-33-21-17-29-93(101)97-65-61-89(69-105(97)111)114(87-57-45-81(46-58-87)79-25-13-11-14-26-79)91-63-67-99-95-31-19-23-35-103(95)113(107(99)71-91)104-36-24-20-32-96(104)100-68-64-92(72-108(100)113)115(88-59-47-82(48-60-88)80-27-15-12-16-28-80)90-62-66-98-94-30-18-22-34-102(94)112(106(98)70-90,74-78-43-39-76(10-2)40-44-78)86-55-51-84(52-56-86)110(6,7)8/h9-51,53-55,57-72,95,103H,1-2,52,56,73-74H2,3-8H3. The van der Waals surface area contributed by atoms with Gasteiger partial charge >= 0.3 is 0 Å². The molecule has 6 aliphatic rings. The number of hydrogen-bond donors (Lipinski definition) is 0. The smallest absolute Gasteiger partial charge is 0.0539 e. The van der Waals surface area contributed by atoms with Crippen LogP contribution in [-0.4, -0.2) is 0 Å². The first-order chi connectivity index (χ1) is 56.1. The quantitative estimate of drug-likeness (QED) is 0.0951. The number of fused-ring (bicyclic) bond motifs is 16. The lowest BCUT2D eigenvalue weighted by Crippen LogP contribution is -2.33. The molecular formula is C113H94N2. The molecule has 0 aliphatic heterocycles. The molecule has 0 saturated heterocycles. The van der Waals surface area contributed by atoms with Crippen molar-refractivity contribution in [3.63, 3.8) is 0 Å². The van der Waals surface area contributed by atoms with Crippen molar-refractivity contribution in [1.82, 2.24) is 0 Å². The number of anilines is 6. The minimum atomic E-state index is -0.622. The summed E-state index contributed by atoms with van der Waals surface area (Å²) in [5, 5.41) is 0. The van der Waals surface area contributed by atoms with Gasteiger partial charge in [-0.1, -0.05) is 369 Å². The topological polar surface area (TPSA) is 6.48 Å². The van der Waals surface area contributed by atoms with E-state index in [0.29, 0.717) is 0 Å². The van der Waals surface area contributed by atoms with E-state index in [0.717, 1.165) is 70.9 Å². The van der Waals surface area contributed by atoms with Gasteiger partial charge in [-0.15, -0.1) is 0 Å². The molecule has 0 bridgehead atoms. The molecule has 0 radical (unpaired) electrons. The molecule has 14 aromatic rings. The van der Waals surface area contributed by atoms with Crippen LogP contribution in [0.15, 0.2) is 388 Å². The fourth-order valence-corrected chi connectivity index (χ4v) is 20.9. The van der Waals surface area contributed by atoms with Crippen LogP contribution in [0.25, 0.3) is 67.8 Å². The summed E-state index contributed by atoms with van der Waals surface area (Å²) in [6, 6.07) is 126. The zero-order valence-electron chi connectivity index (χ0n) is 66.6. The fraction of sp³-hybridized carbons (Fsp3) is 0.150. The van der Waals surface area contributed by atoms with Crippen molar-refractivity contribution in [3.8, 4) is 55.6 Å². The maximum Gasteiger partial charge on any atom is 0.0539 e. The summed E-state index contributed by atoms with van der Waals surface area (Å²) in [7, 11) is 0. The Labute approximate surface area is 679 Å². The van der Waals surface area contributed by atoms with E-state index in [4.69, 9.17) is 0 Å². The summed E-state index contributed by atoms with van der Waals surface area (Å²) in [4.78, 5) is 5.14. The van der Waals surface area contributed by atoms with Crippen LogP contribution in [0.3, 0.4) is 0 Å². The molecule has 0 saturated carbocycles. The van der Waals surface area contributed by atoms with Gasteiger partial charge in [-0.05, 0) is 243 Å². The summed E-state index contributed by atoms with van der Waals surface area (Å²) in [6.07, 6.45) is 22.1. The molecule has 0 heterocycles. The van der Waals surface area contributed by atoms with E-state index in [1.807, 2.05) is 12.2 Å². The highest BCUT2D eigenvalue weighted by Crippen LogP contribution is 2.67. The third-order valence-corrected chi connectivity index (χ3v) is 26.6. The van der Waals surface area contributed by atoms with Crippen LogP contribution < -0.4 is 9.80 Å². The lowest BCUT2D eigenvalue weighted by Gasteiger charge is -2.39. The first-order valence-corrected chi connectivity index (χ1v) is 41.2. The summed E-state index contributed by atoms with van der Waals surface area (Å²) in [5.74, 6) is 0.155. The molecule has 1 spiro atoms. The Kier molecular flexibility index (Phi) is 17.2. The largest absolute Gasteiger partial charge is 0.310 e. The number of nitrogens with zero attached hydrogens (tertiary/aromatic N) is 2. The van der Waals surface area contributed by atoms with Crippen molar-refractivity contribution in [1.29, 1.82) is 0 Å². The summed E-state index contributed by atoms with van der Waals surface area (Å²) < 4.78 is 0. The van der Waals surface area contributed by atoms with Crippen LogP contribution in [0, 0.1) is 11.3 Å². The molecule has 0 amide bonds. The summed E-state index contributed by atoms with van der Waals surface area (Å²) in [6.45, 7) is 22.4. The van der Waals surface area contributed by atoms with Crippen LogP contribution in [0.2, 0.25) is 0 Å². The van der Waals surface area contributed by atoms with Crippen molar-refractivity contribution in [3.05, 3.63) is 466 Å². The molecule has 556 valence electrons. The van der Waals surface area contributed by atoms with Gasteiger partial charge in [0.2, 0.25) is 0 Å². The maximum atomic E-state index is 4.17. The molecule has 0 aromatic heterocycles. The molecule has 2 nitrogen and oxygen atoms in total. The van der Waals surface area contributed by atoms with Crippen LogP contribution in [0.5, 0.6) is 0 Å². The minimum absolute atomic E-state index is 0.0186. The van der Waals surface area contributed by atoms with E-state index >= 15 is 0 Å². The van der Waals surface area contributed by atoms with Crippen molar-refractivity contribution in [2.24, 2.45) is 11.3 Å². The van der Waals surface area contributed by atoms with E-state index < -0.39 is 16.2 Å². The van der Waals surface area contributed by atoms with Crippen LogP contribution >= 0.6 is 0 Å². The predicted octanol–water partition coefficient (Wildman–Crippen LogP) is 29.5. The van der Waals surface area contributed by atoms with Crippen LogP contribution in [0.1, 0.15) is 138 Å². The SMILES string of the molecule is C=Cc1ccc(CC2(C3=CC=C(C(C)(C)C)CC3)c3ccccc3-c3ccc(N(c4ccc(-c5ccccc5)cc4)c4ccc5c(c4)C4(c6ccccc6-5)c5cc(N(c6ccc(-c7ccccc7)cc6)c6ccc7c(c6)C(Cc6ccc(C=C)cc6)(c6ccc(C(C)(C)C)cc6)c6ccccc6-7)ccc5C5C=CC=CC54)cc32)cc1. The van der Waals surface area contributed by atoms with Crippen molar-refractivity contribution in [2.75, 3.05) is 9.80 Å². The lowest BCUT2D eigenvalue weighted by molar-refractivity contribution is 0.465. The third-order valence-electron chi connectivity index (χ3n) is 26.6. The average molecular weight is 1480 g/mol. The van der Waals surface area contributed by atoms with Gasteiger partial charge in [0.1, 0.15) is 0 Å². The van der Waals surface area contributed by atoms with Gasteiger partial charge < -0.3 is 9.80 Å². The highest BCUT2D eigenvalue weighted by atomic mass is 15.1. The second-order valence-electron chi connectivity index (χ2n) is 34.7. The molecular weight excluding hydrogens is 1390 g/mol. The molecule has 115 heavy (non-hydrogen) atoms. The molecule has 14 aromatic carbocycles. The number of allylic oxidation sites excluding steroid dienone is 8. The molecule has 20 rings (SSSR count). The van der Waals surface area contributed by atoms with Crippen LogP contribution in [-0.2, 0) is 34.5 Å². The Hall–Kier alpha value is -12.9. The second-order valence-corrected chi connectivity index (χ2v) is 34.7. The van der Waals surface area contributed by atoms with Crippen molar-refractivity contribution < 1.29 is 0 Å². The number of benzene rings is 14. The zero-order chi connectivity index (χ0) is 78.0. The average Bonchev–Trinajstić information content (AvgIpc) is 1.50. The molecule has 0 N–H and O–H groups in total. The van der Waals surface area contributed by atoms with E-state index in [1.165, 1.54) is 134 Å². The third kappa shape index (κ3) is 11.6. The van der Waals surface area contributed by atoms with E-state index in [1.54, 1.807) is 0 Å². The maximum absolute atomic E-state index is 4.17. The van der Waals surface area contributed by atoms with Gasteiger partial charge in [0, 0.05) is 51.4 Å². The lowest BCUT2D eigenvalue weighted by atomic mass is 9.65.